The van der Waals surface area contributed by atoms with Crippen molar-refractivity contribution in [2.24, 2.45) is 0 Å². The molecule has 0 spiro atoms. The van der Waals surface area contributed by atoms with Crippen molar-refractivity contribution in [2.75, 3.05) is 0 Å². The summed E-state index contributed by atoms with van der Waals surface area (Å²) >= 11 is 0. The predicted octanol–water partition coefficient (Wildman–Crippen LogP) is 1.61. The first-order valence-electron chi connectivity index (χ1n) is 4.30. The van der Waals surface area contributed by atoms with Gasteiger partial charge in [0, 0.05) is 5.57 Å². The molecule has 0 aromatic rings. The summed E-state index contributed by atoms with van der Waals surface area (Å²) in [6.07, 6.45) is -9.19. The Labute approximate surface area is 100 Å². The molecule has 0 heterocycles. The highest BCUT2D eigenvalue weighted by Crippen LogP contribution is 2.36. The minimum absolute atomic E-state index is 0.0633. The lowest BCUT2D eigenvalue weighted by Crippen LogP contribution is -2.53. The van der Waals surface area contributed by atoms with E-state index < -0.39 is 38.9 Å². The van der Waals surface area contributed by atoms with Crippen molar-refractivity contribution in [3.8, 4) is 0 Å². The first kappa shape index (κ1) is 16.8. The van der Waals surface area contributed by atoms with Crippen molar-refractivity contribution < 1.29 is 40.1 Å². The molecule has 0 aliphatic rings. The average Bonchev–Trinajstić information content (AvgIpc) is 2.09. The largest absolute Gasteiger partial charge is 0.445 e. The van der Waals surface area contributed by atoms with Crippen LogP contribution in [-0.4, -0.2) is 36.2 Å². The Hall–Kier alpha value is -1.16. The van der Waals surface area contributed by atoms with E-state index >= 15 is 0 Å². The summed E-state index contributed by atoms with van der Waals surface area (Å²) in [6.45, 7) is 3.88. The lowest BCUT2D eigenvalue weighted by atomic mass is 10.2. The monoisotopic (exact) mass is 294 g/mol. The first-order valence-corrected chi connectivity index (χ1v) is 5.74. The van der Waals surface area contributed by atoms with E-state index in [4.69, 9.17) is 4.55 Å². The zero-order valence-corrected chi connectivity index (χ0v) is 10.1. The zero-order chi connectivity index (χ0) is 14.9. The maximum Gasteiger partial charge on any atom is 0.429 e. The van der Waals surface area contributed by atoms with E-state index in [2.05, 4.69) is 11.3 Å². The summed E-state index contributed by atoms with van der Waals surface area (Å²) in [5.74, 6) is -1.63. The molecule has 0 fully saturated rings. The molecule has 0 aromatic heterocycles. The van der Waals surface area contributed by atoms with Crippen molar-refractivity contribution in [3.63, 3.8) is 0 Å². The molecule has 18 heavy (non-hydrogen) atoms. The Morgan fingerprint density at radius 1 is 1.33 bits per heavy atom. The van der Waals surface area contributed by atoms with Crippen LogP contribution in [0.2, 0.25) is 0 Å². The molecule has 0 saturated heterocycles. The van der Waals surface area contributed by atoms with Gasteiger partial charge in [0.05, 0.1) is 0 Å². The predicted molar refractivity (Wildman–Crippen MR) is 51.8 cm³/mol. The van der Waals surface area contributed by atoms with E-state index in [-0.39, 0.29) is 6.92 Å². The highest BCUT2D eigenvalue weighted by Gasteiger charge is 2.61. The smallest absolute Gasteiger partial charge is 0.429 e. The minimum atomic E-state index is -5.75. The Morgan fingerprint density at radius 3 is 1.94 bits per heavy atom. The molecule has 0 aromatic carbocycles. The van der Waals surface area contributed by atoms with Crippen LogP contribution in [0.25, 0.3) is 0 Å². The standard InChI is InChI=1S/C8H10F4O5S/c1-4(2)5(13)17-6(8(10,11)12)7(3,9)18(14,15)16/h6H,1H2,2-3H3,(H,14,15,16). The fourth-order valence-corrected chi connectivity index (χ4v) is 1.26. The summed E-state index contributed by atoms with van der Waals surface area (Å²) in [6, 6.07) is 0. The minimum Gasteiger partial charge on any atom is -0.445 e. The topological polar surface area (TPSA) is 80.7 Å². The summed E-state index contributed by atoms with van der Waals surface area (Å²) in [5.41, 5.74) is -0.490. The van der Waals surface area contributed by atoms with Gasteiger partial charge >= 0.3 is 22.3 Å². The van der Waals surface area contributed by atoms with E-state index in [1.54, 1.807) is 0 Å². The Kier molecular flexibility index (Phi) is 4.53. The molecular formula is C8H10F4O5S. The first-order chi connectivity index (χ1) is 7.71. The lowest BCUT2D eigenvalue weighted by molar-refractivity contribution is -0.238. The van der Waals surface area contributed by atoms with Crippen molar-refractivity contribution in [1.29, 1.82) is 0 Å². The van der Waals surface area contributed by atoms with Gasteiger partial charge in [-0.15, -0.1) is 0 Å². The summed E-state index contributed by atoms with van der Waals surface area (Å²) in [4.78, 5) is 10.9. The van der Waals surface area contributed by atoms with Crippen LogP contribution in [0.5, 0.6) is 0 Å². The van der Waals surface area contributed by atoms with Gasteiger partial charge in [0.25, 0.3) is 5.00 Å². The van der Waals surface area contributed by atoms with E-state index in [1.165, 1.54) is 0 Å². The van der Waals surface area contributed by atoms with E-state index in [0.29, 0.717) is 0 Å². The number of rotatable bonds is 4. The fourth-order valence-electron chi connectivity index (χ4n) is 0.807. The van der Waals surface area contributed by atoms with Crippen LogP contribution >= 0.6 is 0 Å². The van der Waals surface area contributed by atoms with Gasteiger partial charge in [-0.05, 0) is 13.8 Å². The van der Waals surface area contributed by atoms with Crippen LogP contribution in [0, 0.1) is 0 Å². The van der Waals surface area contributed by atoms with Crippen LogP contribution in [0.1, 0.15) is 13.8 Å². The summed E-state index contributed by atoms with van der Waals surface area (Å²) < 4.78 is 84.1. The molecule has 0 radical (unpaired) electrons. The molecule has 0 saturated carbocycles. The SMILES string of the molecule is C=C(C)C(=O)OC(C(F)(F)F)C(C)(F)S(=O)(=O)O. The summed E-state index contributed by atoms with van der Waals surface area (Å²) in [7, 11) is -5.75. The van der Waals surface area contributed by atoms with Crippen LogP contribution in [-0.2, 0) is 19.6 Å². The molecule has 10 heteroatoms. The van der Waals surface area contributed by atoms with E-state index in [1.807, 2.05) is 0 Å². The Balaban J connectivity index is 5.55. The number of hydrogen-bond donors (Lipinski definition) is 1. The molecule has 1 N–H and O–H groups in total. The number of carbonyl (C=O) groups is 1. The summed E-state index contributed by atoms with van der Waals surface area (Å²) in [5, 5.41) is -4.23. The van der Waals surface area contributed by atoms with Crippen LogP contribution in [0.15, 0.2) is 12.2 Å². The fraction of sp³-hybridized carbons (Fsp3) is 0.625. The molecule has 0 aliphatic carbocycles. The molecule has 0 aliphatic heterocycles. The highest BCUT2D eigenvalue weighted by atomic mass is 32.2. The van der Waals surface area contributed by atoms with Gasteiger partial charge in [0.1, 0.15) is 0 Å². The van der Waals surface area contributed by atoms with Gasteiger partial charge in [-0.25, -0.2) is 9.18 Å². The van der Waals surface area contributed by atoms with Crippen LogP contribution in [0.4, 0.5) is 17.6 Å². The second kappa shape index (κ2) is 4.84. The molecule has 2 unspecified atom stereocenters. The number of alkyl halides is 4. The third-order valence-corrected chi connectivity index (χ3v) is 3.07. The molecule has 2 atom stereocenters. The Bertz CT molecular complexity index is 451. The van der Waals surface area contributed by atoms with E-state index in [0.717, 1.165) is 6.92 Å². The number of halogens is 4. The molecule has 0 rings (SSSR count). The van der Waals surface area contributed by atoms with E-state index in [9.17, 15) is 30.8 Å². The number of ether oxygens (including phenoxy) is 1. The molecule has 106 valence electrons. The van der Waals surface area contributed by atoms with Gasteiger partial charge in [0.15, 0.2) is 0 Å². The van der Waals surface area contributed by atoms with Crippen molar-refractivity contribution in [2.45, 2.75) is 31.1 Å². The molecule has 0 bridgehead atoms. The third-order valence-electron chi connectivity index (χ3n) is 1.84. The van der Waals surface area contributed by atoms with Gasteiger partial charge in [-0.2, -0.15) is 21.6 Å². The second-order valence-corrected chi connectivity index (χ2v) is 5.32. The maximum absolute atomic E-state index is 13.5. The van der Waals surface area contributed by atoms with Crippen LogP contribution < -0.4 is 0 Å². The van der Waals surface area contributed by atoms with Gasteiger partial charge < -0.3 is 4.74 Å². The Morgan fingerprint density at radius 2 is 1.72 bits per heavy atom. The number of carbonyl (C=O) groups excluding carboxylic acids is 1. The zero-order valence-electron chi connectivity index (χ0n) is 9.28. The highest BCUT2D eigenvalue weighted by molar-refractivity contribution is 7.87. The second-order valence-electron chi connectivity index (χ2n) is 3.57. The van der Waals surface area contributed by atoms with Gasteiger partial charge in [-0.3, -0.25) is 4.55 Å². The molecular weight excluding hydrogens is 284 g/mol. The maximum atomic E-state index is 13.5. The van der Waals surface area contributed by atoms with Gasteiger partial charge in [-0.1, -0.05) is 6.58 Å². The normalized spacial score (nSPS) is 17.7. The molecule has 0 amide bonds. The van der Waals surface area contributed by atoms with Crippen molar-refractivity contribution in [1.82, 2.24) is 0 Å². The average molecular weight is 294 g/mol. The van der Waals surface area contributed by atoms with Gasteiger partial charge in [0.2, 0.25) is 6.10 Å². The van der Waals surface area contributed by atoms with Crippen molar-refractivity contribution in [3.05, 3.63) is 12.2 Å². The van der Waals surface area contributed by atoms with Crippen LogP contribution in [0.3, 0.4) is 0 Å². The lowest BCUT2D eigenvalue weighted by Gasteiger charge is -2.28. The van der Waals surface area contributed by atoms with Crippen molar-refractivity contribution >= 4 is 16.1 Å². The molecule has 5 nitrogen and oxygen atoms in total. The third kappa shape index (κ3) is 3.67. The number of esters is 1. The quantitative estimate of drug-likeness (QED) is 0.369. The number of hydrogen-bond acceptors (Lipinski definition) is 4.